The quantitative estimate of drug-likeness (QED) is 0.847. The highest BCUT2D eigenvalue weighted by Gasteiger charge is 2.06. The van der Waals surface area contributed by atoms with Crippen LogP contribution in [0.25, 0.3) is 5.69 Å². The second kappa shape index (κ2) is 4.04. The Balaban J connectivity index is 2.44. The summed E-state index contributed by atoms with van der Waals surface area (Å²) in [5.74, 6) is 0. The SMILES string of the molecule is C[C@@H](N)c1ccc(-n2cccn2)c(Cl)c1. The van der Waals surface area contributed by atoms with Gasteiger partial charge >= 0.3 is 0 Å². The fraction of sp³-hybridized carbons (Fsp3) is 0.182. The fourth-order valence-corrected chi connectivity index (χ4v) is 1.68. The van der Waals surface area contributed by atoms with Crippen molar-refractivity contribution < 1.29 is 0 Å². The highest BCUT2D eigenvalue weighted by Crippen LogP contribution is 2.23. The average molecular weight is 222 g/mol. The minimum atomic E-state index is -0.00540. The summed E-state index contributed by atoms with van der Waals surface area (Å²) in [7, 11) is 0. The maximum absolute atomic E-state index is 6.15. The van der Waals surface area contributed by atoms with Crippen LogP contribution in [0.15, 0.2) is 36.7 Å². The highest BCUT2D eigenvalue weighted by molar-refractivity contribution is 6.32. The number of hydrogen-bond donors (Lipinski definition) is 1. The molecular formula is C11H12ClN3. The summed E-state index contributed by atoms with van der Waals surface area (Å²) < 4.78 is 1.73. The van der Waals surface area contributed by atoms with Gasteiger partial charge < -0.3 is 5.73 Å². The molecular weight excluding hydrogens is 210 g/mol. The van der Waals surface area contributed by atoms with Crippen LogP contribution in [0.3, 0.4) is 0 Å². The molecule has 1 aromatic carbocycles. The van der Waals surface area contributed by atoms with E-state index in [0.29, 0.717) is 5.02 Å². The molecule has 3 nitrogen and oxygen atoms in total. The molecule has 0 spiro atoms. The number of halogens is 1. The summed E-state index contributed by atoms with van der Waals surface area (Å²) in [5.41, 5.74) is 7.66. The predicted octanol–water partition coefficient (Wildman–Crippen LogP) is 2.55. The molecule has 0 saturated heterocycles. The first-order valence-electron chi connectivity index (χ1n) is 4.73. The molecule has 2 N–H and O–H groups in total. The van der Waals surface area contributed by atoms with Crippen molar-refractivity contribution in [2.24, 2.45) is 5.73 Å². The standard InChI is InChI=1S/C11H12ClN3/c1-8(13)9-3-4-11(10(12)7-9)15-6-2-5-14-15/h2-8H,13H2,1H3/t8-/m1/s1. The van der Waals surface area contributed by atoms with Crippen LogP contribution >= 0.6 is 11.6 Å². The monoisotopic (exact) mass is 221 g/mol. The molecule has 0 saturated carbocycles. The van der Waals surface area contributed by atoms with Gasteiger partial charge in [-0.25, -0.2) is 4.68 Å². The van der Waals surface area contributed by atoms with Gasteiger partial charge in [0.1, 0.15) is 0 Å². The molecule has 0 aliphatic rings. The smallest absolute Gasteiger partial charge is 0.0831 e. The lowest BCUT2D eigenvalue weighted by atomic mass is 10.1. The van der Waals surface area contributed by atoms with Crippen molar-refractivity contribution in [3.63, 3.8) is 0 Å². The van der Waals surface area contributed by atoms with Gasteiger partial charge in [0.05, 0.1) is 10.7 Å². The van der Waals surface area contributed by atoms with E-state index in [1.165, 1.54) is 0 Å². The van der Waals surface area contributed by atoms with Crippen LogP contribution in [-0.4, -0.2) is 9.78 Å². The van der Waals surface area contributed by atoms with Gasteiger partial charge in [-0.15, -0.1) is 0 Å². The molecule has 2 aromatic rings. The van der Waals surface area contributed by atoms with Crippen molar-refractivity contribution in [2.45, 2.75) is 13.0 Å². The first-order chi connectivity index (χ1) is 7.18. The fourth-order valence-electron chi connectivity index (χ4n) is 1.40. The third kappa shape index (κ3) is 2.03. The summed E-state index contributed by atoms with van der Waals surface area (Å²) in [6.45, 7) is 1.93. The number of rotatable bonds is 2. The second-order valence-electron chi connectivity index (χ2n) is 3.45. The van der Waals surface area contributed by atoms with E-state index in [2.05, 4.69) is 5.10 Å². The van der Waals surface area contributed by atoms with Gasteiger partial charge in [-0.3, -0.25) is 0 Å². The first kappa shape index (κ1) is 10.2. The van der Waals surface area contributed by atoms with E-state index in [1.54, 1.807) is 10.9 Å². The molecule has 2 rings (SSSR count). The van der Waals surface area contributed by atoms with Gasteiger partial charge in [0.25, 0.3) is 0 Å². The Kier molecular flexibility index (Phi) is 2.75. The van der Waals surface area contributed by atoms with Gasteiger partial charge in [-0.1, -0.05) is 17.7 Å². The van der Waals surface area contributed by atoms with Crippen LogP contribution in [0.2, 0.25) is 5.02 Å². The molecule has 1 atom stereocenters. The van der Waals surface area contributed by atoms with Gasteiger partial charge in [0, 0.05) is 18.4 Å². The van der Waals surface area contributed by atoms with Crippen LogP contribution in [-0.2, 0) is 0 Å². The highest BCUT2D eigenvalue weighted by atomic mass is 35.5. The molecule has 78 valence electrons. The maximum Gasteiger partial charge on any atom is 0.0831 e. The minimum Gasteiger partial charge on any atom is -0.324 e. The summed E-state index contributed by atoms with van der Waals surface area (Å²) >= 11 is 6.15. The van der Waals surface area contributed by atoms with Crippen molar-refractivity contribution in [1.29, 1.82) is 0 Å². The van der Waals surface area contributed by atoms with Gasteiger partial charge in [0.2, 0.25) is 0 Å². The molecule has 0 amide bonds. The normalized spacial score (nSPS) is 12.7. The predicted molar refractivity (Wildman–Crippen MR) is 61.2 cm³/mol. The van der Waals surface area contributed by atoms with Crippen molar-refractivity contribution in [1.82, 2.24) is 9.78 Å². The number of benzene rings is 1. The molecule has 1 aromatic heterocycles. The van der Waals surface area contributed by atoms with Crippen molar-refractivity contribution in [2.75, 3.05) is 0 Å². The Morgan fingerprint density at radius 1 is 1.47 bits per heavy atom. The number of hydrogen-bond acceptors (Lipinski definition) is 2. The van der Waals surface area contributed by atoms with Crippen molar-refractivity contribution in [3.8, 4) is 5.69 Å². The summed E-state index contributed by atoms with van der Waals surface area (Å²) in [4.78, 5) is 0. The zero-order valence-electron chi connectivity index (χ0n) is 8.39. The van der Waals surface area contributed by atoms with Crippen LogP contribution in [0.4, 0.5) is 0 Å². The van der Waals surface area contributed by atoms with Gasteiger partial charge in [0.15, 0.2) is 0 Å². The summed E-state index contributed by atoms with van der Waals surface area (Å²) in [5, 5.41) is 4.78. The minimum absolute atomic E-state index is 0.00540. The van der Waals surface area contributed by atoms with E-state index in [4.69, 9.17) is 17.3 Å². The zero-order valence-corrected chi connectivity index (χ0v) is 9.15. The van der Waals surface area contributed by atoms with E-state index >= 15 is 0 Å². The lowest BCUT2D eigenvalue weighted by molar-refractivity contribution is 0.814. The summed E-state index contributed by atoms with van der Waals surface area (Å²) in [6, 6.07) is 7.62. The number of nitrogens with two attached hydrogens (primary N) is 1. The summed E-state index contributed by atoms with van der Waals surface area (Å²) in [6.07, 6.45) is 3.57. The molecule has 1 heterocycles. The largest absolute Gasteiger partial charge is 0.324 e. The Bertz CT molecular complexity index is 449. The van der Waals surface area contributed by atoms with Crippen molar-refractivity contribution >= 4 is 11.6 Å². The lowest BCUT2D eigenvalue weighted by Crippen LogP contribution is -2.05. The molecule has 0 bridgehead atoms. The third-order valence-corrected chi connectivity index (χ3v) is 2.55. The van der Waals surface area contributed by atoms with E-state index in [1.807, 2.05) is 37.4 Å². The molecule has 0 aliphatic heterocycles. The number of aromatic nitrogens is 2. The van der Waals surface area contributed by atoms with Gasteiger partial charge in [-0.2, -0.15) is 5.10 Å². The van der Waals surface area contributed by atoms with Gasteiger partial charge in [-0.05, 0) is 30.7 Å². The Morgan fingerprint density at radius 3 is 2.80 bits per heavy atom. The van der Waals surface area contributed by atoms with Crippen molar-refractivity contribution in [3.05, 3.63) is 47.2 Å². The molecule has 0 unspecified atom stereocenters. The van der Waals surface area contributed by atoms with Crippen LogP contribution in [0.1, 0.15) is 18.5 Å². The van der Waals surface area contributed by atoms with Crippen LogP contribution in [0.5, 0.6) is 0 Å². The Hall–Kier alpha value is -1.32. The average Bonchev–Trinajstić information content (AvgIpc) is 2.70. The van der Waals surface area contributed by atoms with E-state index in [9.17, 15) is 0 Å². The zero-order chi connectivity index (χ0) is 10.8. The molecule has 4 heteroatoms. The molecule has 0 fully saturated rings. The van der Waals surface area contributed by atoms with Crippen LogP contribution < -0.4 is 5.73 Å². The topological polar surface area (TPSA) is 43.8 Å². The van der Waals surface area contributed by atoms with E-state index in [-0.39, 0.29) is 6.04 Å². The third-order valence-electron chi connectivity index (χ3n) is 2.25. The van der Waals surface area contributed by atoms with Crippen LogP contribution in [0, 0.1) is 0 Å². The molecule has 0 radical (unpaired) electrons. The first-order valence-corrected chi connectivity index (χ1v) is 5.11. The lowest BCUT2D eigenvalue weighted by Gasteiger charge is -2.09. The molecule has 0 aliphatic carbocycles. The molecule has 15 heavy (non-hydrogen) atoms. The maximum atomic E-state index is 6.15. The van der Waals surface area contributed by atoms with E-state index < -0.39 is 0 Å². The Morgan fingerprint density at radius 2 is 2.27 bits per heavy atom. The van der Waals surface area contributed by atoms with E-state index in [0.717, 1.165) is 11.3 Å². The Labute approximate surface area is 93.5 Å². The second-order valence-corrected chi connectivity index (χ2v) is 3.86. The number of nitrogens with zero attached hydrogens (tertiary/aromatic N) is 2.